The first-order valence-electron chi connectivity index (χ1n) is 5.81. The van der Waals surface area contributed by atoms with E-state index in [0.29, 0.717) is 9.75 Å². The molecule has 8 heteroatoms. The van der Waals surface area contributed by atoms with Crippen LogP contribution >= 0.6 is 46.4 Å². The summed E-state index contributed by atoms with van der Waals surface area (Å²) in [5.41, 5.74) is 0. The predicted octanol–water partition coefficient (Wildman–Crippen LogP) is 5.02. The minimum Gasteiger partial charge on any atom is -0.477 e. The van der Waals surface area contributed by atoms with Crippen LogP contribution in [-0.4, -0.2) is 22.2 Å². The number of aromatic carboxylic acids is 2. The molecule has 0 aliphatic carbocycles. The third-order valence-corrected chi connectivity index (χ3v) is 6.35. The SMILES string of the molecule is Cl.O=C(O)c1ccc(-c2ccc(-c3ccc(C(=O)O)s3)s2)s1. The van der Waals surface area contributed by atoms with E-state index in [1.54, 1.807) is 24.3 Å². The third kappa shape index (κ3) is 3.22. The van der Waals surface area contributed by atoms with E-state index in [-0.39, 0.29) is 12.4 Å². The first kappa shape index (κ1) is 16.7. The molecule has 0 aliphatic heterocycles. The van der Waals surface area contributed by atoms with Crippen molar-refractivity contribution >= 4 is 58.4 Å². The molecule has 0 aromatic carbocycles. The second-order valence-electron chi connectivity index (χ2n) is 4.10. The van der Waals surface area contributed by atoms with E-state index < -0.39 is 11.9 Å². The second-order valence-corrected chi connectivity index (χ2v) is 7.35. The zero-order valence-electron chi connectivity index (χ0n) is 10.8. The van der Waals surface area contributed by atoms with Crippen LogP contribution in [0.3, 0.4) is 0 Å². The first-order valence-corrected chi connectivity index (χ1v) is 8.26. The molecule has 22 heavy (non-hydrogen) atoms. The van der Waals surface area contributed by atoms with Crippen molar-refractivity contribution in [3.63, 3.8) is 0 Å². The molecule has 0 spiro atoms. The molecule has 0 amide bonds. The van der Waals surface area contributed by atoms with Gasteiger partial charge in [-0.3, -0.25) is 0 Å². The van der Waals surface area contributed by atoms with E-state index in [1.165, 1.54) is 34.0 Å². The number of halogens is 1. The second kappa shape index (κ2) is 6.62. The highest BCUT2D eigenvalue weighted by Gasteiger charge is 2.13. The molecule has 4 nitrogen and oxygen atoms in total. The molecule has 3 aromatic heterocycles. The summed E-state index contributed by atoms with van der Waals surface area (Å²) in [7, 11) is 0. The number of carboxylic acid groups (broad SMARTS) is 2. The standard InChI is InChI=1S/C14H8O4S3.ClH/c15-13(16)11-5-3-9(20-11)7-1-2-8(19-7)10-4-6-12(21-10)14(17)18;/h1-6H,(H,15,16)(H,17,18);1H. The summed E-state index contributed by atoms with van der Waals surface area (Å²) in [5, 5.41) is 17.9. The first-order chi connectivity index (χ1) is 10.0. The van der Waals surface area contributed by atoms with Crippen LogP contribution < -0.4 is 0 Å². The van der Waals surface area contributed by atoms with Crippen LogP contribution in [0.15, 0.2) is 36.4 Å². The van der Waals surface area contributed by atoms with Crippen molar-refractivity contribution in [1.82, 2.24) is 0 Å². The summed E-state index contributed by atoms with van der Waals surface area (Å²) < 4.78 is 0. The van der Waals surface area contributed by atoms with Crippen LogP contribution in [-0.2, 0) is 0 Å². The highest BCUT2D eigenvalue weighted by atomic mass is 35.5. The van der Waals surface area contributed by atoms with Gasteiger partial charge in [0.25, 0.3) is 0 Å². The Morgan fingerprint density at radius 1 is 0.636 bits per heavy atom. The molecule has 2 N–H and O–H groups in total. The minimum atomic E-state index is -0.924. The lowest BCUT2D eigenvalue weighted by Gasteiger charge is -1.90. The molecule has 0 unspecified atom stereocenters. The van der Waals surface area contributed by atoms with Gasteiger partial charge in [0.15, 0.2) is 0 Å². The Kier molecular flexibility index (Phi) is 5.02. The van der Waals surface area contributed by atoms with Gasteiger partial charge in [-0.1, -0.05) is 0 Å². The maximum atomic E-state index is 10.9. The van der Waals surface area contributed by atoms with E-state index in [4.69, 9.17) is 10.2 Å². The number of carboxylic acids is 2. The van der Waals surface area contributed by atoms with E-state index in [0.717, 1.165) is 19.5 Å². The van der Waals surface area contributed by atoms with Crippen molar-refractivity contribution in [2.45, 2.75) is 0 Å². The summed E-state index contributed by atoms with van der Waals surface area (Å²) in [5.74, 6) is -1.85. The van der Waals surface area contributed by atoms with Crippen molar-refractivity contribution in [1.29, 1.82) is 0 Å². The zero-order valence-corrected chi connectivity index (χ0v) is 14.1. The maximum absolute atomic E-state index is 10.9. The Labute approximate surface area is 143 Å². The Balaban J connectivity index is 0.00000176. The Bertz CT molecular complexity index is 764. The van der Waals surface area contributed by atoms with Gasteiger partial charge in [0.1, 0.15) is 9.75 Å². The quantitative estimate of drug-likeness (QED) is 0.674. The zero-order chi connectivity index (χ0) is 15.0. The van der Waals surface area contributed by atoms with E-state index >= 15 is 0 Å². The van der Waals surface area contributed by atoms with Crippen LogP contribution in [0, 0.1) is 0 Å². The molecule has 0 aliphatic rings. The Morgan fingerprint density at radius 2 is 0.955 bits per heavy atom. The molecule has 0 radical (unpaired) electrons. The minimum absolute atomic E-state index is 0. The van der Waals surface area contributed by atoms with Crippen molar-refractivity contribution in [3.8, 4) is 19.5 Å². The third-order valence-electron chi connectivity index (χ3n) is 2.73. The van der Waals surface area contributed by atoms with Crippen LogP contribution in [0.1, 0.15) is 19.3 Å². The Hall–Kier alpha value is -1.67. The maximum Gasteiger partial charge on any atom is 0.345 e. The highest BCUT2D eigenvalue weighted by Crippen LogP contribution is 2.39. The van der Waals surface area contributed by atoms with Crippen LogP contribution in [0.5, 0.6) is 0 Å². The van der Waals surface area contributed by atoms with Crippen LogP contribution in [0.4, 0.5) is 0 Å². The topological polar surface area (TPSA) is 74.6 Å². The van der Waals surface area contributed by atoms with Gasteiger partial charge in [-0.15, -0.1) is 46.4 Å². The summed E-state index contributed by atoms with van der Waals surface area (Å²) in [4.78, 5) is 26.2. The highest BCUT2D eigenvalue weighted by molar-refractivity contribution is 7.27. The number of rotatable bonds is 4. The molecular weight excluding hydrogens is 364 g/mol. The van der Waals surface area contributed by atoms with E-state index in [1.807, 2.05) is 12.1 Å². The van der Waals surface area contributed by atoms with Crippen molar-refractivity contribution < 1.29 is 19.8 Å². The van der Waals surface area contributed by atoms with Gasteiger partial charge in [-0.2, -0.15) is 0 Å². The molecule has 0 saturated carbocycles. The lowest BCUT2D eigenvalue weighted by molar-refractivity contribution is 0.0691. The summed E-state index contributed by atoms with van der Waals surface area (Å²) in [6, 6.07) is 10.6. The van der Waals surface area contributed by atoms with Gasteiger partial charge >= 0.3 is 11.9 Å². The molecular formula is C14H9ClO4S3. The average molecular weight is 373 g/mol. The van der Waals surface area contributed by atoms with Gasteiger partial charge in [-0.25, -0.2) is 9.59 Å². The largest absolute Gasteiger partial charge is 0.477 e. The lowest BCUT2D eigenvalue weighted by Crippen LogP contribution is -1.89. The number of hydrogen-bond acceptors (Lipinski definition) is 5. The monoisotopic (exact) mass is 372 g/mol. The van der Waals surface area contributed by atoms with Gasteiger partial charge in [-0.05, 0) is 36.4 Å². The molecule has 0 atom stereocenters. The number of carbonyl (C=O) groups is 2. The average Bonchev–Trinajstić information content (AvgIpc) is 3.18. The van der Waals surface area contributed by atoms with Gasteiger partial charge < -0.3 is 10.2 Å². The lowest BCUT2D eigenvalue weighted by atomic mass is 10.3. The smallest absolute Gasteiger partial charge is 0.345 e. The Morgan fingerprint density at radius 3 is 1.27 bits per heavy atom. The van der Waals surface area contributed by atoms with Crippen molar-refractivity contribution in [2.75, 3.05) is 0 Å². The van der Waals surface area contributed by atoms with E-state index in [2.05, 4.69) is 0 Å². The van der Waals surface area contributed by atoms with Crippen molar-refractivity contribution in [3.05, 3.63) is 46.2 Å². The summed E-state index contributed by atoms with van der Waals surface area (Å²) >= 11 is 3.99. The van der Waals surface area contributed by atoms with Gasteiger partial charge in [0.05, 0.1) is 0 Å². The fourth-order valence-electron chi connectivity index (χ4n) is 1.77. The molecule has 0 fully saturated rings. The summed E-state index contributed by atoms with van der Waals surface area (Å²) in [6.45, 7) is 0. The molecule has 3 aromatic rings. The fraction of sp³-hybridized carbons (Fsp3) is 0. The molecule has 0 bridgehead atoms. The number of hydrogen-bond donors (Lipinski definition) is 2. The summed E-state index contributed by atoms with van der Waals surface area (Å²) in [6.07, 6.45) is 0. The van der Waals surface area contributed by atoms with E-state index in [9.17, 15) is 9.59 Å². The number of thiophene rings is 3. The fourth-order valence-corrected chi connectivity index (χ4v) is 4.65. The van der Waals surface area contributed by atoms with Crippen LogP contribution in [0.2, 0.25) is 0 Å². The van der Waals surface area contributed by atoms with Gasteiger partial charge in [0.2, 0.25) is 0 Å². The molecule has 3 heterocycles. The predicted molar refractivity (Wildman–Crippen MR) is 92.1 cm³/mol. The molecule has 114 valence electrons. The molecule has 0 saturated heterocycles. The normalized spacial score (nSPS) is 10.2. The van der Waals surface area contributed by atoms with Crippen molar-refractivity contribution in [2.24, 2.45) is 0 Å². The van der Waals surface area contributed by atoms with Crippen LogP contribution in [0.25, 0.3) is 19.5 Å². The van der Waals surface area contributed by atoms with Gasteiger partial charge in [0, 0.05) is 19.5 Å². The molecule has 3 rings (SSSR count).